The molecule has 0 saturated carbocycles. The van der Waals surface area contributed by atoms with Gasteiger partial charge in [-0.3, -0.25) is 4.79 Å². The monoisotopic (exact) mass is 327 g/mol. The molecule has 0 aliphatic carbocycles. The summed E-state index contributed by atoms with van der Waals surface area (Å²) in [5.74, 6) is -0.314. The van der Waals surface area contributed by atoms with Gasteiger partial charge in [0.25, 0.3) is 0 Å². The molecule has 1 aromatic carbocycles. The maximum Gasteiger partial charge on any atom is 0.241 e. The summed E-state index contributed by atoms with van der Waals surface area (Å²) < 4.78 is 27.0. The quantitative estimate of drug-likeness (QED) is 0.678. The smallest absolute Gasteiger partial charge is 0.241 e. The lowest BCUT2D eigenvalue weighted by Gasteiger charge is -2.14. The number of nitrogens with one attached hydrogen (secondary N) is 2. The van der Waals surface area contributed by atoms with Gasteiger partial charge in [0, 0.05) is 11.7 Å². The highest BCUT2D eigenvalue weighted by molar-refractivity contribution is 7.89. The van der Waals surface area contributed by atoms with Crippen LogP contribution in [-0.2, 0) is 14.8 Å². The van der Waals surface area contributed by atoms with Crippen molar-refractivity contribution in [3.05, 3.63) is 24.3 Å². The van der Waals surface area contributed by atoms with Crippen LogP contribution in [0.5, 0.6) is 0 Å². The van der Waals surface area contributed by atoms with Crippen molar-refractivity contribution >= 4 is 21.6 Å². The van der Waals surface area contributed by atoms with Crippen LogP contribution < -0.4 is 15.8 Å². The molecule has 2 atom stereocenters. The molecule has 22 heavy (non-hydrogen) atoms. The number of sulfonamides is 1. The summed E-state index contributed by atoms with van der Waals surface area (Å²) in [6, 6.07) is 5.41. The Morgan fingerprint density at radius 2 is 2.00 bits per heavy atom. The van der Waals surface area contributed by atoms with Crippen molar-refractivity contribution in [1.82, 2.24) is 4.72 Å². The van der Waals surface area contributed by atoms with Crippen molar-refractivity contribution in [1.29, 1.82) is 0 Å². The number of carbonyl (C=O) groups excluding carboxylic acids is 1. The average Bonchev–Trinajstić information content (AvgIpc) is 2.47. The van der Waals surface area contributed by atoms with E-state index in [0.29, 0.717) is 18.5 Å². The largest absolute Gasteiger partial charge is 0.325 e. The third-order valence-electron chi connectivity index (χ3n) is 3.32. The van der Waals surface area contributed by atoms with E-state index in [1.165, 1.54) is 12.1 Å². The number of hydrogen-bond donors (Lipinski definition) is 3. The molecule has 1 aromatic rings. The maximum absolute atomic E-state index is 12.2. The number of benzene rings is 1. The Balaban J connectivity index is 2.88. The number of carbonyl (C=O) groups is 1. The van der Waals surface area contributed by atoms with Gasteiger partial charge in [-0.2, -0.15) is 0 Å². The van der Waals surface area contributed by atoms with E-state index in [1.807, 2.05) is 13.8 Å². The number of hydrogen-bond acceptors (Lipinski definition) is 4. The van der Waals surface area contributed by atoms with Crippen LogP contribution in [0.2, 0.25) is 0 Å². The van der Waals surface area contributed by atoms with E-state index in [2.05, 4.69) is 10.0 Å². The zero-order valence-corrected chi connectivity index (χ0v) is 14.1. The molecule has 124 valence electrons. The Morgan fingerprint density at radius 1 is 1.32 bits per heavy atom. The first kappa shape index (κ1) is 18.6. The van der Waals surface area contributed by atoms with Crippen molar-refractivity contribution < 1.29 is 13.2 Å². The van der Waals surface area contributed by atoms with Crippen LogP contribution in [0.3, 0.4) is 0 Å². The van der Waals surface area contributed by atoms with Gasteiger partial charge >= 0.3 is 0 Å². The lowest BCUT2D eigenvalue weighted by molar-refractivity contribution is -0.117. The summed E-state index contributed by atoms with van der Waals surface area (Å²) in [4.78, 5) is 12.0. The second-order valence-corrected chi connectivity index (χ2v) is 7.06. The standard InChI is InChI=1S/C15H25N3O3S/c1-4-7-14(16)15(19)17-12-8-6-9-13(10-12)22(20,21)18-11(3)5-2/h6,8-11,14,18H,4-5,7,16H2,1-3H3,(H,17,19). The van der Waals surface area contributed by atoms with E-state index in [4.69, 9.17) is 5.73 Å². The fraction of sp³-hybridized carbons (Fsp3) is 0.533. The first-order valence-electron chi connectivity index (χ1n) is 7.49. The number of nitrogens with two attached hydrogens (primary N) is 1. The Hall–Kier alpha value is -1.44. The van der Waals surface area contributed by atoms with E-state index in [-0.39, 0.29) is 16.8 Å². The van der Waals surface area contributed by atoms with Crippen molar-refractivity contribution in [2.45, 2.75) is 57.0 Å². The average molecular weight is 327 g/mol. The van der Waals surface area contributed by atoms with E-state index < -0.39 is 16.1 Å². The molecule has 1 amide bonds. The third-order valence-corrected chi connectivity index (χ3v) is 4.90. The maximum atomic E-state index is 12.2. The summed E-state index contributed by atoms with van der Waals surface area (Å²) >= 11 is 0. The van der Waals surface area contributed by atoms with E-state index in [0.717, 1.165) is 6.42 Å². The van der Waals surface area contributed by atoms with Crippen molar-refractivity contribution in [3.8, 4) is 0 Å². The van der Waals surface area contributed by atoms with Gasteiger partial charge in [0.2, 0.25) is 15.9 Å². The van der Waals surface area contributed by atoms with Crippen LogP contribution in [0.1, 0.15) is 40.0 Å². The highest BCUT2D eigenvalue weighted by atomic mass is 32.2. The predicted octanol–water partition coefficient (Wildman–Crippen LogP) is 1.83. The molecule has 0 heterocycles. The van der Waals surface area contributed by atoms with E-state index in [9.17, 15) is 13.2 Å². The lowest BCUT2D eigenvalue weighted by atomic mass is 10.1. The van der Waals surface area contributed by atoms with Gasteiger partial charge in [-0.15, -0.1) is 0 Å². The Labute approximate surface area is 132 Å². The van der Waals surface area contributed by atoms with E-state index in [1.54, 1.807) is 19.1 Å². The second-order valence-electron chi connectivity index (χ2n) is 5.34. The molecule has 0 saturated heterocycles. The zero-order valence-electron chi connectivity index (χ0n) is 13.3. The number of rotatable bonds is 8. The molecular formula is C15H25N3O3S. The van der Waals surface area contributed by atoms with Gasteiger partial charge in [0.05, 0.1) is 10.9 Å². The molecule has 0 aliphatic rings. The van der Waals surface area contributed by atoms with Crippen LogP contribution in [-0.4, -0.2) is 26.4 Å². The highest BCUT2D eigenvalue weighted by Crippen LogP contribution is 2.16. The zero-order chi connectivity index (χ0) is 16.8. The molecule has 2 unspecified atom stereocenters. The minimum absolute atomic E-state index is 0.120. The fourth-order valence-corrected chi connectivity index (χ4v) is 3.21. The van der Waals surface area contributed by atoms with Gasteiger partial charge < -0.3 is 11.1 Å². The Bertz CT molecular complexity index is 602. The third kappa shape index (κ3) is 5.40. The SMILES string of the molecule is CCCC(N)C(=O)Nc1cccc(S(=O)(=O)NC(C)CC)c1. The van der Waals surface area contributed by atoms with Gasteiger partial charge in [0.1, 0.15) is 0 Å². The van der Waals surface area contributed by atoms with Crippen molar-refractivity contribution in [3.63, 3.8) is 0 Å². The molecule has 0 aliphatic heterocycles. The van der Waals surface area contributed by atoms with E-state index >= 15 is 0 Å². The summed E-state index contributed by atoms with van der Waals surface area (Å²) in [7, 11) is -3.59. The van der Waals surface area contributed by atoms with Crippen LogP contribution >= 0.6 is 0 Å². The molecule has 4 N–H and O–H groups in total. The second kappa shape index (κ2) is 8.26. The van der Waals surface area contributed by atoms with Crippen LogP contribution in [0.4, 0.5) is 5.69 Å². The van der Waals surface area contributed by atoms with Gasteiger partial charge in [-0.05, 0) is 38.0 Å². The predicted molar refractivity (Wildman–Crippen MR) is 88.0 cm³/mol. The van der Waals surface area contributed by atoms with Crippen molar-refractivity contribution in [2.24, 2.45) is 5.73 Å². The minimum atomic E-state index is -3.59. The number of anilines is 1. The fourth-order valence-electron chi connectivity index (χ4n) is 1.83. The topological polar surface area (TPSA) is 101 Å². The molecule has 6 nitrogen and oxygen atoms in total. The van der Waals surface area contributed by atoms with Crippen LogP contribution in [0.15, 0.2) is 29.2 Å². The lowest BCUT2D eigenvalue weighted by Crippen LogP contribution is -2.35. The molecule has 0 bridgehead atoms. The molecule has 0 aromatic heterocycles. The van der Waals surface area contributed by atoms with Crippen molar-refractivity contribution in [2.75, 3.05) is 5.32 Å². The molecule has 0 spiro atoms. The highest BCUT2D eigenvalue weighted by Gasteiger charge is 2.18. The Morgan fingerprint density at radius 3 is 2.59 bits per heavy atom. The molecule has 1 rings (SSSR count). The first-order chi connectivity index (χ1) is 10.3. The normalized spacial score (nSPS) is 14.4. The summed E-state index contributed by atoms with van der Waals surface area (Å²) in [5, 5.41) is 2.65. The minimum Gasteiger partial charge on any atom is -0.325 e. The van der Waals surface area contributed by atoms with Gasteiger partial charge in [-0.1, -0.05) is 26.3 Å². The molecule has 0 fully saturated rings. The van der Waals surface area contributed by atoms with Gasteiger partial charge in [0.15, 0.2) is 0 Å². The Kier molecular flexibility index (Phi) is 6.99. The first-order valence-corrected chi connectivity index (χ1v) is 8.97. The summed E-state index contributed by atoms with van der Waals surface area (Å²) in [5.41, 5.74) is 6.16. The van der Waals surface area contributed by atoms with Gasteiger partial charge in [-0.25, -0.2) is 13.1 Å². The van der Waals surface area contributed by atoms with Crippen LogP contribution in [0, 0.1) is 0 Å². The molecule has 7 heteroatoms. The van der Waals surface area contributed by atoms with Crippen LogP contribution in [0.25, 0.3) is 0 Å². The number of amides is 1. The summed E-state index contributed by atoms with van der Waals surface area (Å²) in [6.07, 6.45) is 2.09. The molecular weight excluding hydrogens is 302 g/mol. The summed E-state index contributed by atoms with van der Waals surface area (Å²) in [6.45, 7) is 5.65. The molecule has 0 radical (unpaired) electrons.